The summed E-state index contributed by atoms with van der Waals surface area (Å²) in [5.41, 5.74) is -0.628. The Morgan fingerprint density at radius 1 is 1.13 bits per heavy atom. The molecule has 0 bridgehead atoms. The van der Waals surface area contributed by atoms with Crippen LogP contribution in [0.1, 0.15) is 13.8 Å². The van der Waals surface area contributed by atoms with E-state index in [9.17, 15) is 9.90 Å². The van der Waals surface area contributed by atoms with Gasteiger partial charge in [0.25, 0.3) is 5.56 Å². The van der Waals surface area contributed by atoms with Crippen LogP contribution < -0.4 is 5.56 Å². The average molecular weight is 203 g/mol. The van der Waals surface area contributed by atoms with Gasteiger partial charge < -0.3 is 5.11 Å². The summed E-state index contributed by atoms with van der Waals surface area (Å²) in [6.07, 6.45) is 0. The molecule has 0 saturated heterocycles. The monoisotopic (exact) mass is 203 g/mol. The molecule has 78 valence electrons. The lowest BCUT2D eigenvalue weighted by atomic mass is 10.2. The fourth-order valence-electron chi connectivity index (χ4n) is 1.75. The maximum atomic E-state index is 11.7. The molecule has 0 fully saturated rings. The molecule has 1 aromatic carbocycles. The molecule has 3 nitrogen and oxygen atoms in total. The van der Waals surface area contributed by atoms with Crippen molar-refractivity contribution in [2.24, 2.45) is 0 Å². The van der Waals surface area contributed by atoms with Crippen LogP contribution >= 0.6 is 0 Å². The Morgan fingerprint density at radius 2 is 1.80 bits per heavy atom. The second kappa shape index (κ2) is 3.21. The molecule has 0 unspecified atom stereocenters. The van der Waals surface area contributed by atoms with E-state index < -0.39 is 5.72 Å². The average Bonchev–Trinajstić information content (AvgIpc) is 2.15. The van der Waals surface area contributed by atoms with E-state index in [0.29, 0.717) is 0 Å². The third-order valence-electron chi connectivity index (χ3n) is 2.35. The number of pyridine rings is 1. The first-order chi connectivity index (χ1) is 7.00. The van der Waals surface area contributed by atoms with Gasteiger partial charge in [-0.05, 0) is 31.4 Å². The van der Waals surface area contributed by atoms with E-state index in [1.165, 1.54) is 10.6 Å². The van der Waals surface area contributed by atoms with Gasteiger partial charge in [-0.25, -0.2) is 0 Å². The maximum Gasteiger partial charge on any atom is 0.253 e. The van der Waals surface area contributed by atoms with Gasteiger partial charge >= 0.3 is 0 Å². The Balaban J connectivity index is 2.93. The van der Waals surface area contributed by atoms with Crippen molar-refractivity contribution >= 4 is 10.9 Å². The quantitative estimate of drug-likeness (QED) is 0.766. The summed E-state index contributed by atoms with van der Waals surface area (Å²) in [5, 5.41) is 10.9. The predicted octanol–water partition coefficient (Wildman–Crippen LogP) is 1.69. The molecule has 0 spiro atoms. The molecule has 0 radical (unpaired) electrons. The van der Waals surface area contributed by atoms with E-state index in [-0.39, 0.29) is 5.56 Å². The van der Waals surface area contributed by atoms with Gasteiger partial charge in [-0.2, -0.15) is 0 Å². The Hall–Kier alpha value is -1.61. The molecule has 0 aliphatic heterocycles. The SMILES string of the molecule is CC(C)(O)n1c(=O)ccc2ccccc21. The molecule has 3 heteroatoms. The molecular weight excluding hydrogens is 190 g/mol. The molecule has 15 heavy (non-hydrogen) atoms. The zero-order valence-electron chi connectivity index (χ0n) is 8.77. The zero-order valence-corrected chi connectivity index (χ0v) is 8.77. The highest BCUT2D eigenvalue weighted by Crippen LogP contribution is 2.17. The smallest absolute Gasteiger partial charge is 0.253 e. The van der Waals surface area contributed by atoms with E-state index in [1.54, 1.807) is 19.9 Å². The van der Waals surface area contributed by atoms with E-state index in [1.807, 2.05) is 24.3 Å². The standard InChI is InChI=1S/C12H13NO2/c1-12(2,15)13-10-6-4-3-5-9(10)7-8-11(13)14/h3-8,15H,1-2H3. The van der Waals surface area contributed by atoms with E-state index >= 15 is 0 Å². The lowest BCUT2D eigenvalue weighted by molar-refractivity contribution is 0.00288. The summed E-state index contributed by atoms with van der Waals surface area (Å²) < 4.78 is 1.39. The first kappa shape index (κ1) is 9.93. The number of aromatic nitrogens is 1. The van der Waals surface area contributed by atoms with Crippen molar-refractivity contribution in [3.05, 3.63) is 46.8 Å². The van der Waals surface area contributed by atoms with Crippen LogP contribution in [0.2, 0.25) is 0 Å². The molecule has 0 aliphatic rings. The third kappa shape index (κ3) is 1.66. The van der Waals surface area contributed by atoms with Crippen molar-refractivity contribution in [3.8, 4) is 0 Å². The van der Waals surface area contributed by atoms with Gasteiger partial charge in [0.05, 0.1) is 5.52 Å². The number of hydrogen-bond acceptors (Lipinski definition) is 2. The number of fused-ring (bicyclic) bond motifs is 1. The largest absolute Gasteiger partial charge is 0.371 e. The second-order valence-corrected chi connectivity index (χ2v) is 4.06. The summed E-state index contributed by atoms with van der Waals surface area (Å²) in [4.78, 5) is 11.7. The van der Waals surface area contributed by atoms with Crippen molar-refractivity contribution in [3.63, 3.8) is 0 Å². The van der Waals surface area contributed by atoms with Gasteiger partial charge in [-0.3, -0.25) is 9.36 Å². The minimum Gasteiger partial charge on any atom is -0.371 e. The molecule has 2 rings (SSSR count). The third-order valence-corrected chi connectivity index (χ3v) is 2.35. The fourth-order valence-corrected chi connectivity index (χ4v) is 1.75. The highest BCUT2D eigenvalue weighted by Gasteiger charge is 2.18. The Bertz CT molecular complexity index is 549. The Morgan fingerprint density at radius 3 is 2.47 bits per heavy atom. The number of nitrogens with zero attached hydrogens (tertiary/aromatic N) is 1. The Labute approximate surface area is 87.6 Å². The lowest BCUT2D eigenvalue weighted by Crippen LogP contribution is -2.35. The summed E-state index contributed by atoms with van der Waals surface area (Å²) in [6.45, 7) is 3.20. The van der Waals surface area contributed by atoms with Crippen LogP contribution in [0.4, 0.5) is 0 Å². The van der Waals surface area contributed by atoms with E-state index in [4.69, 9.17) is 0 Å². The molecular formula is C12H13NO2. The summed E-state index contributed by atoms with van der Waals surface area (Å²) in [6, 6.07) is 10.7. The molecule has 0 saturated carbocycles. The van der Waals surface area contributed by atoms with Crippen LogP contribution in [0.25, 0.3) is 10.9 Å². The molecule has 1 heterocycles. The maximum absolute atomic E-state index is 11.7. The minimum absolute atomic E-state index is 0.193. The first-order valence-corrected chi connectivity index (χ1v) is 4.84. The normalized spacial score (nSPS) is 11.9. The topological polar surface area (TPSA) is 42.2 Å². The second-order valence-electron chi connectivity index (χ2n) is 4.06. The zero-order chi connectivity index (χ0) is 11.1. The van der Waals surface area contributed by atoms with Crippen molar-refractivity contribution in [1.29, 1.82) is 0 Å². The van der Waals surface area contributed by atoms with Gasteiger partial charge in [-0.15, -0.1) is 0 Å². The van der Waals surface area contributed by atoms with E-state index in [0.717, 1.165) is 10.9 Å². The van der Waals surface area contributed by atoms with Crippen molar-refractivity contribution in [1.82, 2.24) is 4.57 Å². The van der Waals surface area contributed by atoms with Crippen LogP contribution in [0.5, 0.6) is 0 Å². The van der Waals surface area contributed by atoms with Crippen LogP contribution in [-0.2, 0) is 5.72 Å². The number of aliphatic hydroxyl groups is 1. The summed E-state index contributed by atoms with van der Waals surface area (Å²) >= 11 is 0. The minimum atomic E-state index is -1.18. The van der Waals surface area contributed by atoms with Crippen molar-refractivity contribution < 1.29 is 5.11 Å². The highest BCUT2D eigenvalue weighted by atomic mass is 16.3. The summed E-state index contributed by atoms with van der Waals surface area (Å²) in [7, 11) is 0. The van der Waals surface area contributed by atoms with Gasteiger partial charge in [-0.1, -0.05) is 18.2 Å². The molecule has 0 atom stereocenters. The number of para-hydroxylation sites is 1. The number of rotatable bonds is 1. The highest BCUT2D eigenvalue weighted by molar-refractivity contribution is 5.78. The molecule has 2 aromatic rings. The summed E-state index contributed by atoms with van der Waals surface area (Å²) in [5.74, 6) is 0. The Kier molecular flexibility index (Phi) is 2.12. The molecule has 0 amide bonds. The molecule has 0 aliphatic carbocycles. The van der Waals surface area contributed by atoms with E-state index in [2.05, 4.69) is 0 Å². The van der Waals surface area contributed by atoms with Crippen LogP contribution in [0.15, 0.2) is 41.2 Å². The van der Waals surface area contributed by atoms with Gasteiger partial charge in [0.2, 0.25) is 0 Å². The van der Waals surface area contributed by atoms with Gasteiger partial charge in [0.15, 0.2) is 0 Å². The van der Waals surface area contributed by atoms with Crippen molar-refractivity contribution in [2.45, 2.75) is 19.6 Å². The number of benzene rings is 1. The lowest BCUT2D eigenvalue weighted by Gasteiger charge is -2.22. The first-order valence-electron chi connectivity index (χ1n) is 4.84. The van der Waals surface area contributed by atoms with Gasteiger partial charge in [0, 0.05) is 6.07 Å². The van der Waals surface area contributed by atoms with Gasteiger partial charge in [0.1, 0.15) is 5.72 Å². The van der Waals surface area contributed by atoms with Crippen LogP contribution in [-0.4, -0.2) is 9.67 Å². The predicted molar refractivity (Wildman–Crippen MR) is 59.7 cm³/mol. The fraction of sp³-hybridized carbons (Fsp3) is 0.250. The molecule has 1 N–H and O–H groups in total. The van der Waals surface area contributed by atoms with Crippen molar-refractivity contribution in [2.75, 3.05) is 0 Å². The van der Waals surface area contributed by atoms with Crippen LogP contribution in [0, 0.1) is 0 Å². The molecule has 1 aromatic heterocycles. The van der Waals surface area contributed by atoms with Crippen LogP contribution in [0.3, 0.4) is 0 Å². The number of hydrogen-bond donors (Lipinski definition) is 1.